The molecular weight excluding hydrogens is 326 g/mol. The topological polar surface area (TPSA) is 3.24 Å². The summed E-state index contributed by atoms with van der Waals surface area (Å²) in [7, 11) is 4.36. The molecule has 162 valence electrons. The highest BCUT2D eigenvalue weighted by atomic mass is 15.0. The summed E-state index contributed by atoms with van der Waals surface area (Å²) in [5.74, 6) is 1.10. The van der Waals surface area contributed by atoms with E-state index in [9.17, 15) is 0 Å². The third-order valence-electron chi connectivity index (χ3n) is 6.69. The average Bonchev–Trinajstić information content (AvgIpc) is 2.67. The van der Waals surface area contributed by atoms with Gasteiger partial charge in [-0.25, -0.2) is 0 Å². The molecule has 0 heterocycles. The van der Waals surface area contributed by atoms with E-state index in [4.69, 9.17) is 0 Å². The molecule has 0 aliphatic heterocycles. The van der Waals surface area contributed by atoms with Gasteiger partial charge in [0.1, 0.15) is 0 Å². The van der Waals surface area contributed by atoms with Gasteiger partial charge in [-0.3, -0.25) is 0 Å². The lowest BCUT2D eigenvalue weighted by Crippen LogP contribution is -2.12. The van der Waals surface area contributed by atoms with E-state index in [2.05, 4.69) is 19.0 Å². The standard InChI is InChI=1S/C26H53N/c1-27(2)25-21-16-14-12-10-8-6-4-3-5-7-9-11-13-15-18-22-26-23-19-17-20-24-26/h26H,3-25H2,1-2H3. The Hall–Kier alpha value is -0.0400. The van der Waals surface area contributed by atoms with E-state index in [-0.39, 0.29) is 0 Å². The van der Waals surface area contributed by atoms with E-state index in [0.29, 0.717) is 0 Å². The first-order valence-electron chi connectivity index (χ1n) is 12.9. The lowest BCUT2D eigenvalue weighted by Gasteiger charge is -2.21. The van der Waals surface area contributed by atoms with Gasteiger partial charge >= 0.3 is 0 Å². The molecule has 0 bridgehead atoms. The number of rotatable bonds is 19. The summed E-state index contributed by atoms with van der Waals surface area (Å²) in [6.07, 6.45) is 32.8. The third kappa shape index (κ3) is 17.8. The van der Waals surface area contributed by atoms with E-state index in [1.165, 1.54) is 148 Å². The quantitative estimate of drug-likeness (QED) is 0.203. The molecule has 1 aliphatic rings. The van der Waals surface area contributed by atoms with Crippen LogP contribution >= 0.6 is 0 Å². The van der Waals surface area contributed by atoms with Gasteiger partial charge in [0.05, 0.1) is 0 Å². The second-order valence-corrected chi connectivity index (χ2v) is 9.75. The van der Waals surface area contributed by atoms with Crippen molar-refractivity contribution in [3.63, 3.8) is 0 Å². The Morgan fingerprint density at radius 1 is 0.481 bits per heavy atom. The van der Waals surface area contributed by atoms with Crippen LogP contribution in [0.15, 0.2) is 0 Å². The van der Waals surface area contributed by atoms with Crippen molar-refractivity contribution in [1.82, 2.24) is 4.90 Å². The zero-order chi connectivity index (χ0) is 19.4. The molecule has 1 heteroatoms. The largest absolute Gasteiger partial charge is 0.309 e. The van der Waals surface area contributed by atoms with Gasteiger partial charge in [0, 0.05) is 0 Å². The molecule has 1 rings (SSSR count). The van der Waals surface area contributed by atoms with Crippen LogP contribution in [0.5, 0.6) is 0 Å². The highest BCUT2D eigenvalue weighted by Crippen LogP contribution is 2.28. The van der Waals surface area contributed by atoms with Crippen molar-refractivity contribution >= 4 is 0 Å². The Kier molecular flexibility index (Phi) is 17.9. The summed E-state index contributed by atoms with van der Waals surface area (Å²) >= 11 is 0. The number of nitrogens with zero attached hydrogens (tertiary/aromatic N) is 1. The lowest BCUT2D eigenvalue weighted by atomic mass is 9.85. The maximum absolute atomic E-state index is 2.30. The van der Waals surface area contributed by atoms with Crippen LogP contribution in [0, 0.1) is 5.92 Å². The lowest BCUT2D eigenvalue weighted by molar-refractivity contribution is 0.328. The molecule has 1 aliphatic carbocycles. The first-order valence-corrected chi connectivity index (χ1v) is 12.9. The zero-order valence-electron chi connectivity index (χ0n) is 19.3. The van der Waals surface area contributed by atoms with Crippen molar-refractivity contribution in [2.75, 3.05) is 20.6 Å². The zero-order valence-corrected chi connectivity index (χ0v) is 19.3. The van der Waals surface area contributed by atoms with Crippen molar-refractivity contribution in [2.45, 2.75) is 141 Å². The van der Waals surface area contributed by atoms with Crippen molar-refractivity contribution < 1.29 is 0 Å². The first kappa shape index (κ1) is 25.0. The predicted molar refractivity (Wildman–Crippen MR) is 124 cm³/mol. The molecule has 0 atom stereocenters. The summed E-state index contributed by atoms with van der Waals surface area (Å²) in [5, 5.41) is 0. The highest BCUT2D eigenvalue weighted by Gasteiger charge is 2.12. The maximum atomic E-state index is 2.30. The molecule has 0 radical (unpaired) electrons. The van der Waals surface area contributed by atoms with E-state index in [1.54, 1.807) is 0 Å². The van der Waals surface area contributed by atoms with Gasteiger partial charge < -0.3 is 4.90 Å². The molecule has 1 fully saturated rings. The van der Waals surface area contributed by atoms with Gasteiger partial charge in [0.15, 0.2) is 0 Å². The fourth-order valence-electron chi connectivity index (χ4n) is 4.81. The van der Waals surface area contributed by atoms with Gasteiger partial charge in [-0.2, -0.15) is 0 Å². The van der Waals surface area contributed by atoms with Crippen LogP contribution in [0.1, 0.15) is 141 Å². The van der Waals surface area contributed by atoms with Crippen molar-refractivity contribution in [3.8, 4) is 0 Å². The number of hydrogen-bond donors (Lipinski definition) is 0. The molecule has 0 spiro atoms. The predicted octanol–water partition coefficient (Wildman–Crippen LogP) is 8.76. The number of unbranched alkanes of at least 4 members (excludes halogenated alkanes) is 15. The molecule has 0 aromatic rings. The molecule has 0 unspecified atom stereocenters. The molecule has 1 saturated carbocycles. The molecule has 0 aromatic heterocycles. The van der Waals surface area contributed by atoms with E-state index >= 15 is 0 Å². The van der Waals surface area contributed by atoms with Crippen LogP contribution in [0.25, 0.3) is 0 Å². The second kappa shape index (κ2) is 19.3. The Balaban J connectivity index is 1.65. The molecule has 27 heavy (non-hydrogen) atoms. The fourth-order valence-corrected chi connectivity index (χ4v) is 4.81. The minimum absolute atomic E-state index is 1.10. The molecular formula is C26H53N. The third-order valence-corrected chi connectivity index (χ3v) is 6.69. The molecule has 0 saturated heterocycles. The Labute approximate surface area is 173 Å². The van der Waals surface area contributed by atoms with Crippen molar-refractivity contribution in [1.29, 1.82) is 0 Å². The van der Waals surface area contributed by atoms with Crippen molar-refractivity contribution in [2.24, 2.45) is 5.92 Å². The summed E-state index contributed by atoms with van der Waals surface area (Å²) in [4.78, 5) is 2.30. The summed E-state index contributed by atoms with van der Waals surface area (Å²) in [6.45, 7) is 1.26. The molecule has 0 amide bonds. The fraction of sp³-hybridized carbons (Fsp3) is 1.00. The SMILES string of the molecule is CN(C)CCCCCCCCCCCCCCCCCCC1CCCCC1. The van der Waals surface area contributed by atoms with Gasteiger partial charge in [-0.1, -0.05) is 135 Å². The van der Waals surface area contributed by atoms with Crippen LogP contribution in [0.2, 0.25) is 0 Å². The summed E-state index contributed by atoms with van der Waals surface area (Å²) in [5.41, 5.74) is 0. The highest BCUT2D eigenvalue weighted by molar-refractivity contribution is 4.65. The van der Waals surface area contributed by atoms with E-state index in [1.807, 2.05) is 0 Å². The van der Waals surface area contributed by atoms with Gasteiger partial charge in [0.2, 0.25) is 0 Å². The van der Waals surface area contributed by atoms with Crippen LogP contribution < -0.4 is 0 Å². The van der Waals surface area contributed by atoms with Crippen LogP contribution in [-0.4, -0.2) is 25.5 Å². The molecule has 0 N–H and O–H groups in total. The average molecular weight is 380 g/mol. The summed E-state index contributed by atoms with van der Waals surface area (Å²) < 4.78 is 0. The van der Waals surface area contributed by atoms with E-state index in [0.717, 1.165) is 5.92 Å². The maximum Gasteiger partial charge on any atom is -0.00248 e. The normalized spacial score (nSPS) is 15.7. The van der Waals surface area contributed by atoms with Crippen LogP contribution in [0.3, 0.4) is 0 Å². The second-order valence-electron chi connectivity index (χ2n) is 9.75. The van der Waals surface area contributed by atoms with Crippen molar-refractivity contribution in [3.05, 3.63) is 0 Å². The Bertz CT molecular complexity index is 280. The van der Waals surface area contributed by atoms with Gasteiger partial charge in [0.25, 0.3) is 0 Å². The molecule has 1 nitrogen and oxygen atoms in total. The van der Waals surface area contributed by atoms with Gasteiger partial charge in [-0.05, 0) is 33.0 Å². The van der Waals surface area contributed by atoms with Crippen LogP contribution in [-0.2, 0) is 0 Å². The Morgan fingerprint density at radius 2 is 0.852 bits per heavy atom. The Morgan fingerprint density at radius 3 is 1.26 bits per heavy atom. The smallest absolute Gasteiger partial charge is 0.00248 e. The monoisotopic (exact) mass is 379 g/mol. The minimum Gasteiger partial charge on any atom is -0.309 e. The minimum atomic E-state index is 1.10. The summed E-state index contributed by atoms with van der Waals surface area (Å²) in [6, 6.07) is 0. The van der Waals surface area contributed by atoms with Crippen LogP contribution in [0.4, 0.5) is 0 Å². The number of hydrogen-bond acceptors (Lipinski definition) is 1. The molecule has 0 aromatic carbocycles. The first-order chi connectivity index (χ1) is 13.3. The van der Waals surface area contributed by atoms with E-state index < -0.39 is 0 Å². The van der Waals surface area contributed by atoms with Gasteiger partial charge in [-0.15, -0.1) is 0 Å².